The van der Waals surface area contributed by atoms with Crippen molar-refractivity contribution in [3.05, 3.63) is 96.1 Å². The molecule has 2 aromatic carbocycles. The van der Waals surface area contributed by atoms with Gasteiger partial charge in [-0.25, -0.2) is 4.98 Å². The van der Waals surface area contributed by atoms with E-state index in [1.165, 1.54) is 18.0 Å². The van der Waals surface area contributed by atoms with Gasteiger partial charge in [0.05, 0.1) is 6.20 Å². The van der Waals surface area contributed by atoms with Crippen LogP contribution in [-0.4, -0.2) is 75.8 Å². The van der Waals surface area contributed by atoms with E-state index >= 15 is 0 Å². The molecule has 7 nitrogen and oxygen atoms in total. The minimum atomic E-state index is -0.190. The third-order valence-electron chi connectivity index (χ3n) is 6.15. The van der Waals surface area contributed by atoms with Gasteiger partial charge in [0.25, 0.3) is 5.91 Å². The van der Waals surface area contributed by atoms with Gasteiger partial charge in [0, 0.05) is 64.6 Å². The molecule has 34 heavy (non-hydrogen) atoms. The molecule has 1 saturated heterocycles. The summed E-state index contributed by atoms with van der Waals surface area (Å²) in [5.41, 5.74) is 2.75. The van der Waals surface area contributed by atoms with Gasteiger partial charge in [0.2, 0.25) is 5.91 Å². The summed E-state index contributed by atoms with van der Waals surface area (Å²) in [6.45, 7) is 4.95. The number of hydrogen-bond donors (Lipinski definition) is 0. The molecule has 0 atom stereocenters. The molecule has 0 saturated carbocycles. The Morgan fingerprint density at radius 3 is 2.15 bits per heavy atom. The molecule has 0 spiro atoms. The van der Waals surface area contributed by atoms with Crippen molar-refractivity contribution in [3.63, 3.8) is 0 Å². The van der Waals surface area contributed by atoms with Crippen LogP contribution >= 0.6 is 0 Å². The van der Waals surface area contributed by atoms with E-state index in [0.29, 0.717) is 38.3 Å². The third-order valence-corrected chi connectivity index (χ3v) is 6.15. The fourth-order valence-electron chi connectivity index (χ4n) is 4.18. The van der Waals surface area contributed by atoms with Crippen molar-refractivity contribution >= 4 is 11.8 Å². The van der Waals surface area contributed by atoms with Crippen molar-refractivity contribution in [3.8, 4) is 0 Å². The van der Waals surface area contributed by atoms with Crippen LogP contribution in [0.15, 0.2) is 79.3 Å². The summed E-state index contributed by atoms with van der Waals surface area (Å²) in [5.74, 6) is -0.0967. The maximum absolute atomic E-state index is 13.1. The predicted octanol–water partition coefficient (Wildman–Crippen LogP) is 2.90. The fourth-order valence-corrected chi connectivity index (χ4v) is 4.18. The molecule has 7 heteroatoms. The largest absolute Gasteiger partial charge is 0.340 e. The van der Waals surface area contributed by atoms with Crippen LogP contribution in [0, 0.1) is 0 Å². The summed E-state index contributed by atoms with van der Waals surface area (Å²) < 4.78 is 0. The monoisotopic (exact) mass is 457 g/mol. The van der Waals surface area contributed by atoms with Gasteiger partial charge in [-0.3, -0.25) is 19.5 Å². The Kier molecular flexibility index (Phi) is 8.35. The molecule has 3 aromatic rings. The second-order valence-corrected chi connectivity index (χ2v) is 8.51. The molecule has 0 N–H and O–H groups in total. The number of nitrogens with zero attached hydrogens (tertiary/aromatic N) is 5. The molecule has 1 aliphatic heterocycles. The van der Waals surface area contributed by atoms with Gasteiger partial charge < -0.3 is 9.80 Å². The topological polar surface area (TPSA) is 69.6 Å². The molecule has 0 radical (unpaired) electrons. The third kappa shape index (κ3) is 6.71. The molecule has 1 aromatic heterocycles. The maximum Gasteiger partial charge on any atom is 0.274 e. The smallest absolute Gasteiger partial charge is 0.274 e. The summed E-state index contributed by atoms with van der Waals surface area (Å²) in [5, 5.41) is 0. The number of amides is 2. The van der Waals surface area contributed by atoms with Crippen molar-refractivity contribution in [2.24, 2.45) is 0 Å². The van der Waals surface area contributed by atoms with E-state index in [2.05, 4.69) is 39.1 Å². The molecule has 1 aliphatic rings. The van der Waals surface area contributed by atoms with Crippen LogP contribution in [-0.2, 0) is 17.8 Å². The minimum Gasteiger partial charge on any atom is -0.340 e. The number of rotatable bonds is 9. The number of carbonyl (C=O) groups excluding carboxylic acids is 2. The standard InChI is InChI=1S/C27H31N5O2/c33-26(31-19-17-30(18-20-31)22-24-9-5-2-6-10-24)12-16-32(15-11-23-7-3-1-4-8-23)27(34)25-21-28-13-14-29-25/h1-10,13-14,21H,11-12,15-20,22H2. The number of piperazine rings is 1. The van der Waals surface area contributed by atoms with E-state index in [9.17, 15) is 9.59 Å². The van der Waals surface area contributed by atoms with Crippen molar-refractivity contribution in [1.29, 1.82) is 0 Å². The lowest BCUT2D eigenvalue weighted by Gasteiger charge is -2.35. The first kappa shape index (κ1) is 23.6. The summed E-state index contributed by atoms with van der Waals surface area (Å²) in [7, 11) is 0. The highest BCUT2D eigenvalue weighted by Crippen LogP contribution is 2.11. The maximum atomic E-state index is 13.1. The van der Waals surface area contributed by atoms with Crippen LogP contribution in [0.25, 0.3) is 0 Å². The second kappa shape index (κ2) is 12.0. The molecule has 1 fully saturated rings. The number of benzene rings is 2. The van der Waals surface area contributed by atoms with Gasteiger partial charge in [-0.05, 0) is 17.5 Å². The summed E-state index contributed by atoms with van der Waals surface area (Å²) >= 11 is 0. The van der Waals surface area contributed by atoms with Crippen molar-refractivity contribution in [1.82, 2.24) is 24.7 Å². The highest BCUT2D eigenvalue weighted by atomic mass is 16.2. The van der Waals surface area contributed by atoms with Crippen molar-refractivity contribution in [2.45, 2.75) is 19.4 Å². The SMILES string of the molecule is O=C(CCN(CCc1ccccc1)C(=O)c1cnccn1)N1CCN(Cc2ccccc2)CC1. The zero-order valence-corrected chi connectivity index (χ0v) is 19.4. The van der Waals surface area contributed by atoms with E-state index in [4.69, 9.17) is 0 Å². The van der Waals surface area contributed by atoms with E-state index in [1.54, 1.807) is 11.1 Å². The number of aromatic nitrogens is 2. The molecule has 0 bridgehead atoms. The molecular formula is C27H31N5O2. The zero-order chi connectivity index (χ0) is 23.6. The Morgan fingerprint density at radius 2 is 1.50 bits per heavy atom. The Bertz CT molecular complexity index is 1040. The zero-order valence-electron chi connectivity index (χ0n) is 19.4. The number of carbonyl (C=O) groups is 2. The van der Waals surface area contributed by atoms with Crippen LogP contribution in [0.2, 0.25) is 0 Å². The van der Waals surface area contributed by atoms with Gasteiger partial charge in [-0.1, -0.05) is 60.7 Å². The van der Waals surface area contributed by atoms with E-state index in [0.717, 1.165) is 31.6 Å². The van der Waals surface area contributed by atoms with Gasteiger partial charge in [-0.15, -0.1) is 0 Å². The molecule has 176 valence electrons. The molecule has 0 unspecified atom stereocenters. The lowest BCUT2D eigenvalue weighted by molar-refractivity contribution is -0.133. The van der Waals surface area contributed by atoms with E-state index < -0.39 is 0 Å². The van der Waals surface area contributed by atoms with Crippen molar-refractivity contribution in [2.75, 3.05) is 39.3 Å². The summed E-state index contributed by atoms with van der Waals surface area (Å²) in [4.78, 5) is 40.2. The summed E-state index contributed by atoms with van der Waals surface area (Å²) in [6, 6.07) is 20.5. The molecule has 2 amide bonds. The van der Waals surface area contributed by atoms with Crippen molar-refractivity contribution < 1.29 is 9.59 Å². The molecular weight excluding hydrogens is 426 g/mol. The quantitative estimate of drug-likeness (QED) is 0.494. The van der Waals surface area contributed by atoms with E-state index in [-0.39, 0.29) is 11.8 Å². The van der Waals surface area contributed by atoms with Gasteiger partial charge in [0.1, 0.15) is 5.69 Å². The van der Waals surface area contributed by atoms with Crippen LogP contribution in [0.1, 0.15) is 28.0 Å². The first-order chi connectivity index (χ1) is 16.7. The average molecular weight is 458 g/mol. The number of hydrogen-bond acceptors (Lipinski definition) is 5. The predicted molar refractivity (Wildman–Crippen MR) is 131 cm³/mol. The van der Waals surface area contributed by atoms with Crippen LogP contribution in [0.5, 0.6) is 0 Å². The Hall–Kier alpha value is -3.58. The first-order valence-electron chi connectivity index (χ1n) is 11.8. The molecule has 0 aliphatic carbocycles. The average Bonchev–Trinajstić information content (AvgIpc) is 2.90. The minimum absolute atomic E-state index is 0.0935. The lowest BCUT2D eigenvalue weighted by atomic mass is 10.1. The highest BCUT2D eigenvalue weighted by molar-refractivity contribution is 5.92. The lowest BCUT2D eigenvalue weighted by Crippen LogP contribution is -2.49. The normalized spacial score (nSPS) is 14.1. The fraction of sp³-hybridized carbons (Fsp3) is 0.333. The van der Waals surface area contributed by atoms with Crippen LogP contribution in [0.3, 0.4) is 0 Å². The summed E-state index contributed by atoms with van der Waals surface area (Å²) in [6.07, 6.45) is 5.57. The van der Waals surface area contributed by atoms with E-state index in [1.807, 2.05) is 41.3 Å². The van der Waals surface area contributed by atoms with Gasteiger partial charge in [-0.2, -0.15) is 0 Å². The van der Waals surface area contributed by atoms with Crippen LogP contribution < -0.4 is 0 Å². The van der Waals surface area contributed by atoms with Gasteiger partial charge in [0.15, 0.2) is 0 Å². The Morgan fingerprint density at radius 1 is 0.824 bits per heavy atom. The van der Waals surface area contributed by atoms with Gasteiger partial charge >= 0.3 is 0 Å². The molecule has 4 rings (SSSR count). The first-order valence-corrected chi connectivity index (χ1v) is 11.8. The Balaban J connectivity index is 1.30. The van der Waals surface area contributed by atoms with Crippen LogP contribution in [0.4, 0.5) is 0 Å². The Labute approximate surface area is 201 Å². The molecule has 2 heterocycles. The second-order valence-electron chi connectivity index (χ2n) is 8.51. The highest BCUT2D eigenvalue weighted by Gasteiger charge is 2.23.